The zero-order chi connectivity index (χ0) is 15.7. The largest absolute Gasteiger partial charge is 0.341 e. The van der Waals surface area contributed by atoms with Gasteiger partial charge < -0.3 is 10.2 Å². The maximum absolute atomic E-state index is 12.4. The Morgan fingerprint density at radius 2 is 2.23 bits per heavy atom. The maximum atomic E-state index is 12.4. The fraction of sp³-hybridized carbons (Fsp3) is 0.600. The third-order valence-electron chi connectivity index (χ3n) is 4.15. The molecule has 0 bridgehead atoms. The monoisotopic (exact) mass is 302 g/mol. The zero-order valence-corrected chi connectivity index (χ0v) is 13.3. The van der Waals surface area contributed by atoms with Crippen molar-refractivity contribution in [3.8, 4) is 0 Å². The summed E-state index contributed by atoms with van der Waals surface area (Å²) in [4.78, 5) is 23.1. The standard InChI is InChI=1S/C15H22N6O/c1-10-7-11(2)21-15(17-10)18-13(19-21)8-14(22)20-6-4-5-12(9-20)16-3/h7,12,16H,4-6,8-9H2,1-3H3. The normalized spacial score (nSPS) is 18.9. The molecule has 0 saturated carbocycles. The molecule has 1 N–H and O–H groups in total. The summed E-state index contributed by atoms with van der Waals surface area (Å²) < 4.78 is 1.70. The van der Waals surface area contributed by atoms with Gasteiger partial charge in [-0.05, 0) is 39.8 Å². The molecular weight excluding hydrogens is 280 g/mol. The van der Waals surface area contributed by atoms with Crippen LogP contribution in [0, 0.1) is 13.8 Å². The molecule has 3 rings (SSSR count). The number of rotatable bonds is 3. The van der Waals surface area contributed by atoms with Crippen molar-refractivity contribution in [3.05, 3.63) is 23.3 Å². The van der Waals surface area contributed by atoms with E-state index in [0.717, 1.165) is 37.3 Å². The average molecular weight is 302 g/mol. The van der Waals surface area contributed by atoms with E-state index in [0.29, 0.717) is 17.6 Å². The van der Waals surface area contributed by atoms with Crippen LogP contribution in [0.4, 0.5) is 0 Å². The minimum atomic E-state index is 0.0882. The van der Waals surface area contributed by atoms with Gasteiger partial charge in [0, 0.05) is 30.5 Å². The van der Waals surface area contributed by atoms with Crippen LogP contribution in [0.2, 0.25) is 0 Å². The van der Waals surface area contributed by atoms with E-state index in [1.807, 2.05) is 31.9 Å². The van der Waals surface area contributed by atoms with Crippen molar-refractivity contribution in [1.29, 1.82) is 0 Å². The number of hydrogen-bond donors (Lipinski definition) is 1. The van der Waals surface area contributed by atoms with Gasteiger partial charge in [0.1, 0.15) is 0 Å². The number of likely N-dealkylation sites (N-methyl/N-ethyl adjacent to an activating group) is 1. The lowest BCUT2D eigenvalue weighted by Crippen LogP contribution is -2.47. The van der Waals surface area contributed by atoms with E-state index in [4.69, 9.17) is 0 Å². The van der Waals surface area contributed by atoms with Gasteiger partial charge in [0.15, 0.2) is 5.82 Å². The van der Waals surface area contributed by atoms with Crippen LogP contribution in [-0.2, 0) is 11.2 Å². The molecule has 1 atom stereocenters. The lowest BCUT2D eigenvalue weighted by Gasteiger charge is -2.32. The molecule has 1 aliphatic rings. The molecule has 2 aromatic rings. The molecule has 2 aromatic heterocycles. The highest BCUT2D eigenvalue weighted by atomic mass is 16.2. The lowest BCUT2D eigenvalue weighted by atomic mass is 10.1. The molecule has 118 valence electrons. The number of carbonyl (C=O) groups excluding carboxylic acids is 1. The average Bonchev–Trinajstić information content (AvgIpc) is 2.90. The van der Waals surface area contributed by atoms with Crippen LogP contribution in [-0.4, -0.2) is 56.6 Å². The molecule has 0 aromatic carbocycles. The third kappa shape index (κ3) is 2.94. The Hall–Kier alpha value is -2.02. The Labute approximate surface area is 129 Å². The van der Waals surface area contributed by atoms with E-state index in [1.54, 1.807) is 4.52 Å². The van der Waals surface area contributed by atoms with Crippen LogP contribution in [0.3, 0.4) is 0 Å². The van der Waals surface area contributed by atoms with Gasteiger partial charge in [-0.3, -0.25) is 4.79 Å². The van der Waals surface area contributed by atoms with E-state index in [2.05, 4.69) is 20.4 Å². The Morgan fingerprint density at radius 3 is 3.00 bits per heavy atom. The van der Waals surface area contributed by atoms with Gasteiger partial charge in [-0.1, -0.05) is 0 Å². The van der Waals surface area contributed by atoms with Crippen molar-refractivity contribution >= 4 is 11.7 Å². The van der Waals surface area contributed by atoms with E-state index in [-0.39, 0.29) is 12.3 Å². The summed E-state index contributed by atoms with van der Waals surface area (Å²) in [6.07, 6.45) is 2.39. The second-order valence-electron chi connectivity index (χ2n) is 5.92. The minimum Gasteiger partial charge on any atom is -0.341 e. The molecule has 1 amide bonds. The Balaban J connectivity index is 1.75. The number of hydrogen-bond acceptors (Lipinski definition) is 5. The number of carbonyl (C=O) groups is 1. The van der Waals surface area contributed by atoms with Crippen LogP contribution in [0.1, 0.15) is 30.1 Å². The summed E-state index contributed by atoms with van der Waals surface area (Å²) in [7, 11) is 1.94. The SMILES string of the molecule is CNC1CCCN(C(=O)Cc2nc3nc(C)cc(C)n3n2)C1. The molecule has 22 heavy (non-hydrogen) atoms. The fourth-order valence-corrected chi connectivity index (χ4v) is 2.97. The van der Waals surface area contributed by atoms with Crippen molar-refractivity contribution < 1.29 is 4.79 Å². The topological polar surface area (TPSA) is 75.4 Å². The summed E-state index contributed by atoms with van der Waals surface area (Å²) in [6, 6.07) is 2.34. The molecule has 0 aliphatic carbocycles. The molecule has 0 radical (unpaired) electrons. The molecule has 1 unspecified atom stereocenters. The Bertz CT molecular complexity index is 695. The predicted molar refractivity (Wildman–Crippen MR) is 82.6 cm³/mol. The smallest absolute Gasteiger partial charge is 0.252 e. The van der Waals surface area contributed by atoms with Crippen LogP contribution >= 0.6 is 0 Å². The highest BCUT2D eigenvalue weighted by Crippen LogP contribution is 2.12. The van der Waals surface area contributed by atoms with Gasteiger partial charge in [0.2, 0.25) is 5.91 Å². The van der Waals surface area contributed by atoms with Crippen LogP contribution in [0.25, 0.3) is 5.78 Å². The molecule has 1 saturated heterocycles. The fourth-order valence-electron chi connectivity index (χ4n) is 2.97. The highest BCUT2D eigenvalue weighted by Gasteiger charge is 2.23. The second kappa shape index (κ2) is 6.00. The number of piperidine rings is 1. The Morgan fingerprint density at radius 1 is 1.41 bits per heavy atom. The first-order chi connectivity index (χ1) is 10.6. The summed E-state index contributed by atoms with van der Waals surface area (Å²) in [5.74, 6) is 1.19. The highest BCUT2D eigenvalue weighted by molar-refractivity contribution is 5.78. The number of likely N-dealkylation sites (tertiary alicyclic amines) is 1. The van der Waals surface area contributed by atoms with E-state index < -0.39 is 0 Å². The zero-order valence-electron chi connectivity index (χ0n) is 13.3. The summed E-state index contributed by atoms with van der Waals surface area (Å²) in [6.45, 7) is 5.47. The van der Waals surface area contributed by atoms with Gasteiger partial charge in [-0.25, -0.2) is 9.50 Å². The molecule has 7 nitrogen and oxygen atoms in total. The van der Waals surface area contributed by atoms with Crippen molar-refractivity contribution in [3.63, 3.8) is 0 Å². The van der Waals surface area contributed by atoms with Gasteiger partial charge in [0.05, 0.1) is 6.42 Å². The van der Waals surface area contributed by atoms with Crippen molar-refractivity contribution in [1.82, 2.24) is 29.8 Å². The number of aryl methyl sites for hydroxylation is 2. The van der Waals surface area contributed by atoms with E-state index >= 15 is 0 Å². The van der Waals surface area contributed by atoms with Gasteiger partial charge in [-0.2, -0.15) is 4.98 Å². The van der Waals surface area contributed by atoms with Gasteiger partial charge >= 0.3 is 0 Å². The number of fused-ring (bicyclic) bond motifs is 1. The first-order valence-corrected chi connectivity index (χ1v) is 7.72. The Kier molecular flexibility index (Phi) is 4.06. The molecule has 0 spiro atoms. The summed E-state index contributed by atoms with van der Waals surface area (Å²) in [5.41, 5.74) is 1.88. The number of amides is 1. The van der Waals surface area contributed by atoms with E-state index in [1.165, 1.54) is 0 Å². The second-order valence-corrected chi connectivity index (χ2v) is 5.92. The molecular formula is C15H22N6O. The van der Waals surface area contributed by atoms with Crippen LogP contribution in [0.15, 0.2) is 6.07 Å². The van der Waals surface area contributed by atoms with Crippen LogP contribution < -0.4 is 5.32 Å². The van der Waals surface area contributed by atoms with Crippen LogP contribution in [0.5, 0.6) is 0 Å². The summed E-state index contributed by atoms with van der Waals surface area (Å²) in [5, 5.41) is 7.66. The number of nitrogens with one attached hydrogen (secondary N) is 1. The van der Waals surface area contributed by atoms with E-state index in [9.17, 15) is 4.79 Å². The maximum Gasteiger partial charge on any atom is 0.252 e. The molecule has 1 fully saturated rings. The van der Waals surface area contributed by atoms with Gasteiger partial charge in [-0.15, -0.1) is 5.10 Å². The molecule has 1 aliphatic heterocycles. The van der Waals surface area contributed by atoms with Crippen molar-refractivity contribution in [2.75, 3.05) is 20.1 Å². The first-order valence-electron chi connectivity index (χ1n) is 7.72. The third-order valence-corrected chi connectivity index (χ3v) is 4.15. The van der Waals surface area contributed by atoms with Crippen molar-refractivity contribution in [2.45, 2.75) is 39.2 Å². The first kappa shape index (κ1) is 14.9. The number of aromatic nitrogens is 4. The predicted octanol–water partition coefficient (Wildman–Crippen LogP) is 0.494. The number of nitrogens with zero attached hydrogens (tertiary/aromatic N) is 5. The lowest BCUT2D eigenvalue weighted by molar-refractivity contribution is -0.131. The quantitative estimate of drug-likeness (QED) is 0.893. The summed E-state index contributed by atoms with van der Waals surface area (Å²) >= 11 is 0. The van der Waals surface area contributed by atoms with Crippen molar-refractivity contribution in [2.24, 2.45) is 0 Å². The minimum absolute atomic E-state index is 0.0882. The molecule has 7 heteroatoms. The molecule has 3 heterocycles. The van der Waals surface area contributed by atoms with Gasteiger partial charge in [0.25, 0.3) is 5.78 Å².